The number of alkyl carbamates (subject to hydrolysis) is 1. The highest BCUT2D eigenvalue weighted by atomic mass is 16.5. The summed E-state index contributed by atoms with van der Waals surface area (Å²) in [5.41, 5.74) is 2.54. The maximum atomic E-state index is 12.6. The molecule has 0 spiro atoms. The van der Waals surface area contributed by atoms with Crippen LogP contribution in [0.1, 0.15) is 63.5 Å². The molecule has 0 aliphatic heterocycles. The van der Waals surface area contributed by atoms with Crippen LogP contribution >= 0.6 is 0 Å². The van der Waals surface area contributed by atoms with Gasteiger partial charge in [-0.05, 0) is 67.7 Å². The Morgan fingerprint density at radius 1 is 1.29 bits per heavy atom. The van der Waals surface area contributed by atoms with E-state index in [0.29, 0.717) is 25.5 Å². The van der Waals surface area contributed by atoms with E-state index in [-0.39, 0.29) is 17.9 Å². The molecule has 2 atom stereocenters. The van der Waals surface area contributed by atoms with Gasteiger partial charge in [-0.3, -0.25) is 4.79 Å². The van der Waals surface area contributed by atoms with Crippen molar-refractivity contribution in [1.82, 2.24) is 10.6 Å². The van der Waals surface area contributed by atoms with Crippen LogP contribution in [0.3, 0.4) is 0 Å². The third kappa shape index (κ3) is 6.73. The molecule has 2 rings (SSSR count). The highest BCUT2D eigenvalue weighted by Gasteiger charge is 2.24. The lowest BCUT2D eigenvalue weighted by Crippen LogP contribution is -2.44. The number of carbonyl (C=O) groups excluding carboxylic acids is 2. The SMILES string of the molecule is CCOC(=O)NC(CNC(=O)CC1CCCc2cc(OC)ccc21)CC(C)C. The number of hydrogen-bond acceptors (Lipinski definition) is 4. The van der Waals surface area contributed by atoms with E-state index in [1.807, 2.05) is 6.07 Å². The van der Waals surface area contributed by atoms with E-state index < -0.39 is 6.09 Å². The van der Waals surface area contributed by atoms with E-state index in [4.69, 9.17) is 9.47 Å². The van der Waals surface area contributed by atoms with Gasteiger partial charge < -0.3 is 20.1 Å². The van der Waals surface area contributed by atoms with E-state index >= 15 is 0 Å². The Morgan fingerprint density at radius 2 is 2.07 bits per heavy atom. The maximum absolute atomic E-state index is 12.6. The van der Waals surface area contributed by atoms with E-state index in [9.17, 15) is 9.59 Å². The molecule has 6 heteroatoms. The van der Waals surface area contributed by atoms with Crippen LogP contribution in [0.4, 0.5) is 4.79 Å². The third-order valence-electron chi connectivity index (χ3n) is 5.12. The van der Waals surface area contributed by atoms with Gasteiger partial charge in [0.1, 0.15) is 5.75 Å². The monoisotopic (exact) mass is 390 g/mol. The van der Waals surface area contributed by atoms with Crippen molar-refractivity contribution in [2.24, 2.45) is 5.92 Å². The summed E-state index contributed by atoms with van der Waals surface area (Å²) in [4.78, 5) is 24.3. The zero-order valence-corrected chi connectivity index (χ0v) is 17.5. The molecule has 2 amide bonds. The largest absolute Gasteiger partial charge is 0.497 e. The highest BCUT2D eigenvalue weighted by molar-refractivity contribution is 5.77. The Morgan fingerprint density at radius 3 is 2.75 bits per heavy atom. The van der Waals surface area contributed by atoms with Crippen LogP contribution in [0.15, 0.2) is 18.2 Å². The zero-order chi connectivity index (χ0) is 20.5. The summed E-state index contributed by atoms with van der Waals surface area (Å²) in [5, 5.41) is 5.85. The summed E-state index contributed by atoms with van der Waals surface area (Å²) in [6.07, 6.45) is 3.95. The molecule has 1 aromatic rings. The molecule has 0 saturated carbocycles. The number of nitrogens with one attached hydrogen (secondary N) is 2. The first kappa shape index (κ1) is 22.1. The van der Waals surface area contributed by atoms with Crippen molar-refractivity contribution in [3.63, 3.8) is 0 Å². The minimum Gasteiger partial charge on any atom is -0.497 e. The zero-order valence-electron chi connectivity index (χ0n) is 17.5. The van der Waals surface area contributed by atoms with Gasteiger partial charge in [0.2, 0.25) is 5.91 Å². The van der Waals surface area contributed by atoms with Gasteiger partial charge in [-0.1, -0.05) is 19.9 Å². The minimum absolute atomic E-state index is 0.0214. The predicted octanol–water partition coefficient (Wildman–Crippen LogP) is 3.78. The smallest absolute Gasteiger partial charge is 0.407 e. The number of methoxy groups -OCH3 is 1. The fourth-order valence-corrected chi connectivity index (χ4v) is 3.87. The van der Waals surface area contributed by atoms with Crippen molar-refractivity contribution in [3.05, 3.63) is 29.3 Å². The Labute approximate surface area is 168 Å². The lowest BCUT2D eigenvalue weighted by atomic mass is 9.81. The van der Waals surface area contributed by atoms with E-state index in [1.54, 1.807) is 14.0 Å². The third-order valence-corrected chi connectivity index (χ3v) is 5.12. The van der Waals surface area contributed by atoms with E-state index in [1.165, 1.54) is 11.1 Å². The van der Waals surface area contributed by atoms with Crippen LogP contribution in [0, 0.1) is 5.92 Å². The fourth-order valence-electron chi connectivity index (χ4n) is 3.87. The number of rotatable bonds is 9. The van der Waals surface area contributed by atoms with Crippen molar-refractivity contribution in [3.8, 4) is 5.75 Å². The second kappa shape index (κ2) is 10.9. The summed E-state index contributed by atoms with van der Waals surface area (Å²) >= 11 is 0. The Bertz CT molecular complexity index is 660. The lowest BCUT2D eigenvalue weighted by molar-refractivity contribution is -0.121. The minimum atomic E-state index is -0.433. The standard InChI is InChI=1S/C22H34N2O4/c1-5-28-22(26)24-18(11-15(2)3)14-23-21(25)13-17-8-6-7-16-12-19(27-4)9-10-20(16)17/h9-10,12,15,17-18H,5-8,11,13-14H2,1-4H3,(H,23,25)(H,24,26). The highest BCUT2D eigenvalue weighted by Crippen LogP contribution is 2.35. The summed E-state index contributed by atoms with van der Waals surface area (Å²) in [6.45, 7) is 6.71. The Balaban J connectivity index is 1.91. The summed E-state index contributed by atoms with van der Waals surface area (Å²) < 4.78 is 10.3. The number of ether oxygens (including phenoxy) is 2. The molecule has 2 N–H and O–H groups in total. The Hall–Kier alpha value is -2.24. The first-order valence-electron chi connectivity index (χ1n) is 10.3. The molecule has 1 aliphatic carbocycles. The average Bonchev–Trinajstić information content (AvgIpc) is 2.65. The Kier molecular flexibility index (Phi) is 8.61. The molecule has 0 saturated heterocycles. The molecule has 0 bridgehead atoms. The van der Waals surface area contributed by atoms with Gasteiger partial charge in [0.15, 0.2) is 0 Å². The molecule has 6 nitrogen and oxygen atoms in total. The van der Waals surface area contributed by atoms with Crippen molar-refractivity contribution in [2.45, 2.75) is 64.8 Å². The van der Waals surface area contributed by atoms with E-state index in [2.05, 4.69) is 36.6 Å². The van der Waals surface area contributed by atoms with Gasteiger partial charge in [0, 0.05) is 19.0 Å². The number of fused-ring (bicyclic) bond motifs is 1. The topological polar surface area (TPSA) is 76.7 Å². The van der Waals surface area contributed by atoms with Crippen LogP contribution in [-0.2, 0) is 16.0 Å². The molecule has 0 aromatic heterocycles. The number of aryl methyl sites for hydroxylation is 1. The molecule has 0 fully saturated rings. The van der Waals surface area contributed by atoms with Crippen LogP contribution < -0.4 is 15.4 Å². The lowest BCUT2D eigenvalue weighted by Gasteiger charge is -2.26. The van der Waals surface area contributed by atoms with Crippen molar-refractivity contribution < 1.29 is 19.1 Å². The van der Waals surface area contributed by atoms with Gasteiger partial charge in [0.05, 0.1) is 13.7 Å². The van der Waals surface area contributed by atoms with Gasteiger partial charge in [-0.15, -0.1) is 0 Å². The first-order chi connectivity index (χ1) is 13.4. The van der Waals surface area contributed by atoms with Gasteiger partial charge in [0.25, 0.3) is 0 Å². The summed E-state index contributed by atoms with van der Waals surface area (Å²) in [7, 11) is 1.67. The molecule has 0 radical (unpaired) electrons. The second-order valence-electron chi connectivity index (χ2n) is 7.85. The van der Waals surface area contributed by atoms with Crippen molar-refractivity contribution >= 4 is 12.0 Å². The molecule has 1 aliphatic rings. The first-order valence-corrected chi connectivity index (χ1v) is 10.3. The van der Waals surface area contributed by atoms with Gasteiger partial charge in [-0.2, -0.15) is 0 Å². The van der Waals surface area contributed by atoms with E-state index in [0.717, 1.165) is 31.4 Å². The molecule has 1 aromatic carbocycles. The van der Waals surface area contributed by atoms with Crippen LogP contribution in [0.5, 0.6) is 5.75 Å². The number of benzene rings is 1. The normalized spacial score (nSPS) is 16.8. The second-order valence-corrected chi connectivity index (χ2v) is 7.85. The maximum Gasteiger partial charge on any atom is 0.407 e. The fraction of sp³-hybridized carbons (Fsp3) is 0.636. The molecule has 0 heterocycles. The van der Waals surface area contributed by atoms with Crippen LogP contribution in [-0.4, -0.2) is 38.3 Å². The quantitative estimate of drug-likeness (QED) is 0.673. The number of hydrogen-bond donors (Lipinski definition) is 2. The molecule has 28 heavy (non-hydrogen) atoms. The van der Waals surface area contributed by atoms with Gasteiger partial charge >= 0.3 is 6.09 Å². The molecular weight excluding hydrogens is 356 g/mol. The summed E-state index contributed by atoms with van der Waals surface area (Å²) in [5.74, 6) is 1.53. The van der Waals surface area contributed by atoms with Crippen molar-refractivity contribution in [2.75, 3.05) is 20.3 Å². The number of amides is 2. The molecular formula is C22H34N2O4. The molecule has 2 unspecified atom stereocenters. The molecule has 156 valence electrons. The predicted molar refractivity (Wildman–Crippen MR) is 110 cm³/mol. The van der Waals surface area contributed by atoms with Crippen LogP contribution in [0.2, 0.25) is 0 Å². The van der Waals surface area contributed by atoms with Gasteiger partial charge in [-0.25, -0.2) is 4.79 Å². The van der Waals surface area contributed by atoms with Crippen molar-refractivity contribution in [1.29, 1.82) is 0 Å². The number of carbonyl (C=O) groups is 2. The average molecular weight is 391 g/mol. The van der Waals surface area contributed by atoms with Crippen LogP contribution in [0.25, 0.3) is 0 Å². The summed E-state index contributed by atoms with van der Waals surface area (Å²) in [6, 6.07) is 6.01.